The lowest BCUT2D eigenvalue weighted by Crippen LogP contribution is -2.45. The van der Waals surface area contributed by atoms with Gasteiger partial charge < -0.3 is 15.4 Å². The molecule has 0 radical (unpaired) electrons. The summed E-state index contributed by atoms with van der Waals surface area (Å²) in [6.45, 7) is 0.380. The second-order valence-electron chi connectivity index (χ2n) is 5.46. The SMILES string of the molecule is Cl.NCC1CCCN1C(=O)CNS(=O)(=O)c1ccc(OC(F)(F)F)cc1. The van der Waals surface area contributed by atoms with Crippen molar-refractivity contribution in [3.8, 4) is 5.75 Å². The zero-order chi connectivity index (χ0) is 18.7. The van der Waals surface area contributed by atoms with Gasteiger partial charge in [-0.2, -0.15) is 0 Å². The Labute approximate surface area is 155 Å². The fourth-order valence-electron chi connectivity index (χ4n) is 2.57. The summed E-state index contributed by atoms with van der Waals surface area (Å²) in [4.78, 5) is 13.4. The Morgan fingerprint density at radius 1 is 1.31 bits per heavy atom. The summed E-state index contributed by atoms with van der Waals surface area (Å²) in [6, 6.07) is 3.60. The van der Waals surface area contributed by atoms with E-state index in [1.165, 1.54) is 4.90 Å². The molecule has 1 unspecified atom stereocenters. The quantitative estimate of drug-likeness (QED) is 0.725. The number of nitrogens with zero attached hydrogens (tertiary/aromatic N) is 1. The fraction of sp³-hybridized carbons (Fsp3) is 0.500. The summed E-state index contributed by atoms with van der Waals surface area (Å²) in [5.74, 6) is -0.932. The highest BCUT2D eigenvalue weighted by molar-refractivity contribution is 7.89. The van der Waals surface area contributed by atoms with Gasteiger partial charge in [-0.25, -0.2) is 13.1 Å². The number of halogens is 4. The number of hydrogen-bond acceptors (Lipinski definition) is 5. The third-order valence-corrected chi connectivity index (χ3v) is 5.17. The van der Waals surface area contributed by atoms with Crippen LogP contribution in [0.3, 0.4) is 0 Å². The third kappa shape index (κ3) is 6.01. The maximum absolute atomic E-state index is 12.1. The number of rotatable bonds is 6. The van der Waals surface area contributed by atoms with Gasteiger partial charge in [0.1, 0.15) is 5.75 Å². The summed E-state index contributed by atoms with van der Waals surface area (Å²) in [7, 11) is -4.04. The van der Waals surface area contributed by atoms with Crippen LogP contribution in [0.2, 0.25) is 0 Å². The van der Waals surface area contributed by atoms with Crippen LogP contribution in [-0.4, -0.2) is 51.3 Å². The number of likely N-dealkylation sites (tertiary alicyclic amines) is 1. The van der Waals surface area contributed by atoms with E-state index < -0.39 is 34.6 Å². The third-order valence-electron chi connectivity index (χ3n) is 3.75. The number of sulfonamides is 1. The van der Waals surface area contributed by atoms with Gasteiger partial charge in [0.25, 0.3) is 0 Å². The van der Waals surface area contributed by atoms with Crippen LogP contribution in [0, 0.1) is 0 Å². The van der Waals surface area contributed by atoms with Crippen molar-refractivity contribution in [1.82, 2.24) is 9.62 Å². The maximum Gasteiger partial charge on any atom is 0.573 e. The number of nitrogens with one attached hydrogen (secondary N) is 1. The van der Waals surface area contributed by atoms with Gasteiger partial charge in [0, 0.05) is 19.1 Å². The highest BCUT2D eigenvalue weighted by atomic mass is 35.5. The molecule has 1 saturated heterocycles. The molecule has 1 aliphatic rings. The predicted octanol–water partition coefficient (Wildman–Crippen LogP) is 1.23. The summed E-state index contributed by atoms with van der Waals surface area (Å²) in [5.41, 5.74) is 5.57. The summed E-state index contributed by atoms with van der Waals surface area (Å²) >= 11 is 0. The van der Waals surface area contributed by atoms with Crippen LogP contribution < -0.4 is 15.2 Å². The first-order valence-corrected chi connectivity index (χ1v) is 8.96. The molecule has 1 atom stereocenters. The predicted molar refractivity (Wildman–Crippen MR) is 89.4 cm³/mol. The molecule has 0 aromatic heterocycles. The van der Waals surface area contributed by atoms with Gasteiger partial charge in [0.15, 0.2) is 0 Å². The second kappa shape index (κ2) is 8.89. The van der Waals surface area contributed by atoms with Gasteiger partial charge in [0.2, 0.25) is 15.9 Å². The molecule has 1 fully saturated rings. The minimum Gasteiger partial charge on any atom is -0.406 e. The molecule has 0 bridgehead atoms. The van der Waals surface area contributed by atoms with Crippen molar-refractivity contribution in [3.63, 3.8) is 0 Å². The van der Waals surface area contributed by atoms with Crippen LogP contribution in [0.15, 0.2) is 29.2 Å². The van der Waals surface area contributed by atoms with E-state index in [1.54, 1.807) is 0 Å². The minimum atomic E-state index is -4.86. The van der Waals surface area contributed by atoms with E-state index in [0.29, 0.717) is 13.1 Å². The minimum absolute atomic E-state index is 0. The molecule has 0 saturated carbocycles. The van der Waals surface area contributed by atoms with Crippen molar-refractivity contribution in [2.24, 2.45) is 5.73 Å². The molecule has 1 amide bonds. The average molecular weight is 418 g/mol. The number of carbonyl (C=O) groups is 1. The van der Waals surface area contributed by atoms with Gasteiger partial charge in [0.05, 0.1) is 11.4 Å². The molecular formula is C14H19ClF3N3O4S. The van der Waals surface area contributed by atoms with Gasteiger partial charge in [-0.1, -0.05) is 0 Å². The topological polar surface area (TPSA) is 102 Å². The zero-order valence-corrected chi connectivity index (χ0v) is 15.2. The Morgan fingerprint density at radius 3 is 2.46 bits per heavy atom. The van der Waals surface area contributed by atoms with Crippen molar-refractivity contribution >= 4 is 28.3 Å². The number of ether oxygens (including phenoxy) is 1. The second-order valence-corrected chi connectivity index (χ2v) is 7.23. The Balaban J connectivity index is 0.00000338. The van der Waals surface area contributed by atoms with Crippen LogP contribution in [0.5, 0.6) is 5.75 Å². The fourth-order valence-corrected chi connectivity index (χ4v) is 3.55. The Bertz CT molecular complexity index is 713. The number of carbonyl (C=O) groups excluding carboxylic acids is 1. The zero-order valence-electron chi connectivity index (χ0n) is 13.5. The van der Waals surface area contributed by atoms with Crippen LogP contribution in [0.1, 0.15) is 12.8 Å². The van der Waals surface area contributed by atoms with Crippen LogP contribution in [0.25, 0.3) is 0 Å². The molecule has 7 nitrogen and oxygen atoms in total. The molecule has 26 heavy (non-hydrogen) atoms. The molecule has 0 aliphatic carbocycles. The molecular weight excluding hydrogens is 399 g/mol. The lowest BCUT2D eigenvalue weighted by molar-refractivity contribution is -0.274. The van der Waals surface area contributed by atoms with E-state index in [9.17, 15) is 26.4 Å². The van der Waals surface area contributed by atoms with Gasteiger partial charge in [-0.3, -0.25) is 4.79 Å². The number of hydrogen-bond donors (Lipinski definition) is 2. The Morgan fingerprint density at radius 2 is 1.92 bits per heavy atom. The molecule has 148 valence electrons. The van der Waals surface area contributed by atoms with Crippen molar-refractivity contribution in [2.75, 3.05) is 19.6 Å². The molecule has 3 N–H and O–H groups in total. The molecule has 2 rings (SSSR count). The Kier molecular flexibility index (Phi) is 7.69. The number of nitrogens with two attached hydrogens (primary N) is 1. The van der Waals surface area contributed by atoms with Crippen LogP contribution in [-0.2, 0) is 14.8 Å². The average Bonchev–Trinajstić information content (AvgIpc) is 3.00. The molecule has 1 aliphatic heterocycles. The van der Waals surface area contributed by atoms with Gasteiger partial charge in [-0.05, 0) is 37.1 Å². The summed E-state index contributed by atoms with van der Waals surface area (Å²) in [6.07, 6.45) is -3.28. The molecule has 1 aromatic carbocycles. The number of alkyl halides is 3. The smallest absolute Gasteiger partial charge is 0.406 e. The monoisotopic (exact) mass is 417 g/mol. The van der Waals surface area contributed by atoms with E-state index in [4.69, 9.17) is 5.73 Å². The molecule has 1 heterocycles. The maximum atomic E-state index is 12.1. The van der Waals surface area contributed by atoms with Crippen molar-refractivity contribution in [1.29, 1.82) is 0 Å². The normalized spacial score (nSPS) is 17.7. The highest BCUT2D eigenvalue weighted by Gasteiger charge is 2.31. The van der Waals surface area contributed by atoms with Crippen LogP contribution in [0.4, 0.5) is 13.2 Å². The molecule has 12 heteroatoms. The first-order chi connectivity index (χ1) is 11.6. The highest BCUT2D eigenvalue weighted by Crippen LogP contribution is 2.24. The Hall–Kier alpha value is -1.56. The van der Waals surface area contributed by atoms with Crippen molar-refractivity contribution in [2.45, 2.75) is 30.1 Å². The van der Waals surface area contributed by atoms with Crippen LogP contribution >= 0.6 is 12.4 Å². The number of amides is 1. The lowest BCUT2D eigenvalue weighted by Gasteiger charge is -2.23. The molecule has 0 spiro atoms. The first kappa shape index (κ1) is 22.5. The number of benzene rings is 1. The largest absolute Gasteiger partial charge is 0.573 e. The summed E-state index contributed by atoms with van der Waals surface area (Å²) in [5, 5.41) is 0. The molecule has 1 aromatic rings. The van der Waals surface area contributed by atoms with Gasteiger partial charge in [-0.15, -0.1) is 25.6 Å². The van der Waals surface area contributed by atoms with E-state index in [1.807, 2.05) is 0 Å². The lowest BCUT2D eigenvalue weighted by atomic mass is 10.2. The first-order valence-electron chi connectivity index (χ1n) is 7.47. The van der Waals surface area contributed by atoms with Gasteiger partial charge >= 0.3 is 6.36 Å². The standard InChI is InChI=1S/C14H18F3N3O4S.ClH/c15-14(16,17)24-11-3-5-12(6-4-11)25(22,23)19-9-13(21)20-7-1-2-10(20)8-18;/h3-6,10,19H,1-2,7-9,18H2;1H. The van der Waals surface area contributed by atoms with E-state index in [0.717, 1.165) is 37.1 Å². The van der Waals surface area contributed by atoms with E-state index in [-0.39, 0.29) is 23.3 Å². The van der Waals surface area contributed by atoms with Crippen molar-refractivity contribution in [3.05, 3.63) is 24.3 Å². The summed E-state index contributed by atoms with van der Waals surface area (Å²) < 4.78 is 66.3. The van der Waals surface area contributed by atoms with E-state index >= 15 is 0 Å². The van der Waals surface area contributed by atoms with Crippen molar-refractivity contribution < 1.29 is 31.1 Å². The van der Waals surface area contributed by atoms with E-state index in [2.05, 4.69) is 9.46 Å².